The van der Waals surface area contributed by atoms with Gasteiger partial charge >= 0.3 is 6.18 Å². The molecule has 0 saturated carbocycles. The predicted octanol–water partition coefficient (Wildman–Crippen LogP) is 5.90. The number of hydrogen-bond donors (Lipinski definition) is 4. The number of carbonyl (C=O) groups excluding carboxylic acids is 2. The van der Waals surface area contributed by atoms with Gasteiger partial charge < -0.3 is 35.9 Å². The molecule has 2 aromatic heterocycles. The number of ether oxygens (including phenoxy) is 3. The number of methoxy groups -OCH3 is 2. The normalized spacial score (nSPS) is 17.3. The molecule has 6 rings (SSSR count). The highest BCUT2D eigenvalue weighted by atomic mass is 35.5. The summed E-state index contributed by atoms with van der Waals surface area (Å²) in [6.45, 7) is 2.51. The second-order valence-corrected chi connectivity index (χ2v) is 13.4. The minimum atomic E-state index is -4.78. The van der Waals surface area contributed by atoms with Crippen molar-refractivity contribution in [2.75, 3.05) is 20.8 Å². The first kappa shape index (κ1) is 37.8. The van der Waals surface area contributed by atoms with E-state index in [0.29, 0.717) is 54.5 Å². The molecular weight excluding hydrogens is 713 g/mol. The topological polar surface area (TPSA) is 150 Å². The summed E-state index contributed by atoms with van der Waals surface area (Å²) < 4.78 is 60.1. The highest BCUT2D eigenvalue weighted by Crippen LogP contribution is 2.46. The fourth-order valence-corrected chi connectivity index (χ4v) is 7.01. The molecule has 3 heterocycles. The number of nitrogens with two attached hydrogens (primary N) is 1. The molecule has 3 atom stereocenters. The van der Waals surface area contributed by atoms with Gasteiger partial charge in [0, 0.05) is 54.4 Å². The van der Waals surface area contributed by atoms with Crippen LogP contribution in [0.3, 0.4) is 0 Å². The minimum Gasteiger partial charge on any atom is -0.481 e. The van der Waals surface area contributed by atoms with Crippen molar-refractivity contribution in [1.82, 2.24) is 25.9 Å². The molecule has 0 spiro atoms. The molecule has 5 N–H and O–H groups in total. The zero-order valence-electron chi connectivity index (χ0n) is 29.4. The van der Waals surface area contributed by atoms with Crippen LogP contribution in [0.5, 0.6) is 17.6 Å². The van der Waals surface area contributed by atoms with E-state index in [0.717, 1.165) is 40.3 Å². The lowest BCUT2D eigenvalue weighted by Gasteiger charge is -2.21. The van der Waals surface area contributed by atoms with Gasteiger partial charge in [0.1, 0.15) is 11.7 Å². The Kier molecular flexibility index (Phi) is 11.4. The molecule has 280 valence electrons. The average molecular weight is 753 g/mol. The molecule has 1 fully saturated rings. The van der Waals surface area contributed by atoms with Crippen molar-refractivity contribution in [2.24, 2.45) is 5.73 Å². The third-order valence-corrected chi connectivity index (χ3v) is 9.92. The van der Waals surface area contributed by atoms with Crippen LogP contribution in [0.2, 0.25) is 5.02 Å². The standard InChI is InChI=1S/C38H40ClF3N6O5/c1-20(34(43)50)45-18-22-16-29(38(40,41)42)37(48-36(22)52-3)53-31-14-12-25-24(6-4-7-26(25)31)27-8-5-9-28(33(27)39)30-13-10-21(35(47-30)51-2)17-44-19-23-11-15-32(49)46-23/h4-10,13,16,20,23,31,44-45H,11-12,14-15,17-19H2,1-3H3,(H2,43,50)(H,46,49)/t20-,23-,31-/m0/s1. The number of nitrogens with one attached hydrogen (secondary N) is 3. The smallest absolute Gasteiger partial charge is 0.421 e. The van der Waals surface area contributed by atoms with E-state index < -0.39 is 35.7 Å². The van der Waals surface area contributed by atoms with Gasteiger partial charge in [-0.3, -0.25) is 9.59 Å². The summed E-state index contributed by atoms with van der Waals surface area (Å²) in [5.41, 5.74) is 9.68. The summed E-state index contributed by atoms with van der Waals surface area (Å²) in [6.07, 6.45) is -3.23. The van der Waals surface area contributed by atoms with Crippen LogP contribution < -0.4 is 35.9 Å². The van der Waals surface area contributed by atoms with Crippen LogP contribution in [0.1, 0.15) is 60.1 Å². The molecule has 4 aromatic rings. The molecule has 11 nitrogen and oxygen atoms in total. The molecule has 53 heavy (non-hydrogen) atoms. The number of hydrogen-bond acceptors (Lipinski definition) is 9. The Morgan fingerprint density at radius 1 is 0.962 bits per heavy atom. The molecule has 15 heteroatoms. The van der Waals surface area contributed by atoms with Crippen molar-refractivity contribution in [3.63, 3.8) is 0 Å². The maximum Gasteiger partial charge on any atom is 0.421 e. The monoisotopic (exact) mass is 752 g/mol. The van der Waals surface area contributed by atoms with Crippen molar-refractivity contribution < 1.29 is 37.0 Å². The molecule has 1 saturated heterocycles. The lowest BCUT2D eigenvalue weighted by atomic mass is 9.94. The quantitative estimate of drug-likeness (QED) is 0.124. The second-order valence-electron chi connectivity index (χ2n) is 13.0. The summed E-state index contributed by atoms with van der Waals surface area (Å²) in [4.78, 5) is 31.9. The third-order valence-electron chi connectivity index (χ3n) is 9.51. The van der Waals surface area contributed by atoms with E-state index in [4.69, 9.17) is 36.5 Å². The number of carbonyl (C=O) groups is 2. The number of primary amides is 1. The third kappa shape index (κ3) is 8.34. The SMILES string of the molecule is COc1nc(-c2cccc(-c3cccc4c3CC[C@@H]4Oc3nc(OC)c(CN[C@@H](C)C(N)=O)cc3C(F)(F)F)c2Cl)ccc1CNC[C@@H]1CCC(=O)N1. The summed E-state index contributed by atoms with van der Waals surface area (Å²) in [5, 5.41) is 9.55. The highest BCUT2D eigenvalue weighted by molar-refractivity contribution is 6.36. The van der Waals surface area contributed by atoms with E-state index in [1.165, 1.54) is 14.0 Å². The zero-order chi connectivity index (χ0) is 37.9. The van der Waals surface area contributed by atoms with E-state index in [1.54, 1.807) is 7.11 Å². The number of halogens is 4. The number of rotatable bonds is 14. The fourth-order valence-electron chi connectivity index (χ4n) is 6.69. The molecule has 0 bridgehead atoms. The first-order valence-corrected chi connectivity index (χ1v) is 17.5. The van der Waals surface area contributed by atoms with E-state index in [1.807, 2.05) is 48.5 Å². The Hall–Kier alpha value is -4.92. The van der Waals surface area contributed by atoms with E-state index >= 15 is 0 Å². The van der Waals surface area contributed by atoms with Gasteiger partial charge in [0.2, 0.25) is 29.5 Å². The molecule has 2 amide bonds. The molecule has 1 aliphatic heterocycles. The first-order chi connectivity index (χ1) is 25.4. The fraction of sp³-hybridized carbons (Fsp3) is 0.368. The maximum atomic E-state index is 14.4. The number of nitrogens with zero attached hydrogens (tertiary/aromatic N) is 2. The zero-order valence-corrected chi connectivity index (χ0v) is 30.2. The van der Waals surface area contributed by atoms with Crippen LogP contribution in [0.25, 0.3) is 22.4 Å². The summed E-state index contributed by atoms with van der Waals surface area (Å²) in [6, 6.07) is 15.3. The van der Waals surface area contributed by atoms with Gasteiger partial charge in [-0.05, 0) is 55.0 Å². The van der Waals surface area contributed by atoms with Crippen molar-refractivity contribution in [2.45, 2.75) is 70.1 Å². The highest BCUT2D eigenvalue weighted by Gasteiger charge is 2.39. The van der Waals surface area contributed by atoms with Gasteiger partial charge in [-0.25, -0.2) is 4.98 Å². The van der Waals surface area contributed by atoms with Crippen LogP contribution >= 0.6 is 11.6 Å². The van der Waals surface area contributed by atoms with E-state index in [-0.39, 0.29) is 29.9 Å². The first-order valence-electron chi connectivity index (χ1n) is 17.2. The average Bonchev–Trinajstić information content (AvgIpc) is 3.75. The van der Waals surface area contributed by atoms with Crippen LogP contribution in [0, 0.1) is 0 Å². The Balaban J connectivity index is 1.25. The van der Waals surface area contributed by atoms with Crippen molar-refractivity contribution in [1.29, 1.82) is 0 Å². The molecule has 0 unspecified atom stereocenters. The Morgan fingerprint density at radius 3 is 2.38 bits per heavy atom. The van der Waals surface area contributed by atoms with Gasteiger partial charge in [0.15, 0.2) is 0 Å². The van der Waals surface area contributed by atoms with Gasteiger partial charge in [-0.15, -0.1) is 0 Å². The molecule has 1 aliphatic carbocycles. The largest absolute Gasteiger partial charge is 0.481 e. The number of amides is 2. The number of pyridine rings is 2. The van der Waals surface area contributed by atoms with Crippen LogP contribution in [0.4, 0.5) is 13.2 Å². The van der Waals surface area contributed by atoms with Crippen LogP contribution in [0.15, 0.2) is 54.6 Å². The van der Waals surface area contributed by atoms with Gasteiger partial charge in [0.05, 0.1) is 31.0 Å². The number of alkyl halides is 3. The van der Waals surface area contributed by atoms with Crippen molar-refractivity contribution >= 4 is 23.4 Å². The second kappa shape index (κ2) is 16.0. The Labute approximate surface area is 309 Å². The minimum absolute atomic E-state index is 0.0661. The summed E-state index contributed by atoms with van der Waals surface area (Å²) in [7, 11) is 2.85. The predicted molar refractivity (Wildman–Crippen MR) is 193 cm³/mol. The molecule has 2 aliphatic rings. The molecule has 0 radical (unpaired) electrons. The summed E-state index contributed by atoms with van der Waals surface area (Å²) in [5.74, 6) is -0.810. The van der Waals surface area contributed by atoms with E-state index in [9.17, 15) is 22.8 Å². The van der Waals surface area contributed by atoms with Gasteiger partial charge in [0.25, 0.3) is 0 Å². The van der Waals surface area contributed by atoms with Crippen molar-refractivity contribution in [3.05, 3.63) is 87.4 Å². The number of benzene rings is 2. The lowest BCUT2D eigenvalue weighted by molar-refractivity contribution is -0.139. The van der Waals surface area contributed by atoms with Crippen molar-refractivity contribution in [3.8, 4) is 40.0 Å². The lowest BCUT2D eigenvalue weighted by Crippen LogP contribution is -2.38. The van der Waals surface area contributed by atoms with E-state index in [2.05, 4.69) is 20.9 Å². The number of fused-ring (bicyclic) bond motifs is 1. The van der Waals surface area contributed by atoms with Gasteiger partial charge in [-0.2, -0.15) is 18.2 Å². The Bertz CT molecular complexity index is 2010. The maximum absolute atomic E-state index is 14.4. The Morgan fingerprint density at radius 2 is 1.68 bits per heavy atom. The van der Waals surface area contributed by atoms with Crippen LogP contribution in [-0.4, -0.2) is 54.6 Å². The number of aromatic nitrogens is 2. The molecule has 2 aromatic carbocycles. The van der Waals surface area contributed by atoms with Crippen LogP contribution in [-0.2, 0) is 35.3 Å². The summed E-state index contributed by atoms with van der Waals surface area (Å²) >= 11 is 7.09. The molecular formula is C38H40ClF3N6O5. The van der Waals surface area contributed by atoms with Gasteiger partial charge in [-0.1, -0.05) is 54.1 Å².